The van der Waals surface area contributed by atoms with Crippen molar-refractivity contribution in [3.05, 3.63) is 0 Å². The topological polar surface area (TPSA) is 26.3 Å². The van der Waals surface area contributed by atoms with Gasteiger partial charge >= 0.3 is 5.97 Å². The van der Waals surface area contributed by atoms with Crippen molar-refractivity contribution in [1.29, 1.82) is 0 Å². The van der Waals surface area contributed by atoms with E-state index >= 15 is 0 Å². The number of carbonyl (C=O) groups excluding carboxylic acids is 1. The smallest absolute Gasteiger partial charge is 0.306 e. The minimum Gasteiger partial charge on any atom is -0.463 e. The van der Waals surface area contributed by atoms with Crippen molar-refractivity contribution in [3.63, 3.8) is 0 Å². The summed E-state index contributed by atoms with van der Waals surface area (Å²) in [6.45, 7) is 3.91. The summed E-state index contributed by atoms with van der Waals surface area (Å²) in [5, 5.41) is 0.864. The molecule has 2 nitrogen and oxygen atoms in total. The minimum absolute atomic E-state index is 0.0674. The van der Waals surface area contributed by atoms with E-state index in [9.17, 15) is 4.79 Å². The van der Waals surface area contributed by atoms with Crippen LogP contribution in [0.15, 0.2) is 0 Å². The maximum Gasteiger partial charge on any atom is 0.306 e. The second-order valence-corrected chi connectivity index (χ2v) is 3.29. The van der Waals surface area contributed by atoms with Crippen LogP contribution in [0.4, 0.5) is 0 Å². The lowest BCUT2D eigenvalue weighted by Gasteiger charge is -2.09. The average Bonchev–Trinajstić information content (AvgIpc) is 2.00. The molecule has 0 bridgehead atoms. The summed E-state index contributed by atoms with van der Waals surface area (Å²) in [4.78, 5) is 10.9. The van der Waals surface area contributed by atoms with Crippen LogP contribution in [0, 0.1) is 0 Å². The molecule has 0 spiro atoms. The maximum atomic E-state index is 10.9. The average molecular weight is 223 g/mol. The molecular formula is C8H15BrO2. The molecule has 0 aliphatic carbocycles. The lowest BCUT2D eigenvalue weighted by Crippen LogP contribution is -2.13. The second-order valence-electron chi connectivity index (χ2n) is 2.50. The van der Waals surface area contributed by atoms with Gasteiger partial charge in [0.15, 0.2) is 0 Å². The van der Waals surface area contributed by atoms with Crippen molar-refractivity contribution < 1.29 is 9.53 Å². The van der Waals surface area contributed by atoms with Gasteiger partial charge in [-0.2, -0.15) is 0 Å². The van der Waals surface area contributed by atoms with E-state index in [0.29, 0.717) is 6.42 Å². The van der Waals surface area contributed by atoms with Crippen molar-refractivity contribution in [2.24, 2.45) is 0 Å². The quantitative estimate of drug-likeness (QED) is 0.528. The first-order valence-corrected chi connectivity index (χ1v) is 5.08. The molecule has 11 heavy (non-hydrogen) atoms. The van der Waals surface area contributed by atoms with Crippen LogP contribution < -0.4 is 0 Å². The second kappa shape index (κ2) is 6.65. The molecule has 0 aromatic carbocycles. The third-order valence-electron chi connectivity index (χ3n) is 1.42. The Kier molecular flexibility index (Phi) is 6.62. The highest BCUT2D eigenvalue weighted by molar-refractivity contribution is 9.09. The molecule has 0 aromatic heterocycles. The van der Waals surface area contributed by atoms with Gasteiger partial charge in [-0.25, -0.2) is 0 Å². The van der Waals surface area contributed by atoms with Gasteiger partial charge in [-0.3, -0.25) is 4.79 Å². The third-order valence-corrected chi connectivity index (χ3v) is 1.98. The van der Waals surface area contributed by atoms with E-state index in [4.69, 9.17) is 4.74 Å². The van der Waals surface area contributed by atoms with Crippen LogP contribution in [0.1, 0.15) is 33.1 Å². The Balaban J connectivity index is 3.36. The molecule has 66 valence electrons. The van der Waals surface area contributed by atoms with Gasteiger partial charge < -0.3 is 4.74 Å². The number of halogens is 1. The van der Waals surface area contributed by atoms with Crippen molar-refractivity contribution in [2.45, 2.75) is 39.2 Å². The highest BCUT2D eigenvalue weighted by Crippen LogP contribution is 2.01. The Bertz CT molecular complexity index is 115. The van der Waals surface area contributed by atoms with Gasteiger partial charge in [-0.05, 0) is 19.8 Å². The minimum atomic E-state index is -0.0844. The number of rotatable bonds is 5. The zero-order valence-corrected chi connectivity index (χ0v) is 8.69. The lowest BCUT2D eigenvalue weighted by atomic mass is 10.3. The molecule has 0 aliphatic heterocycles. The first kappa shape index (κ1) is 11.0. The summed E-state index contributed by atoms with van der Waals surface area (Å²) in [6.07, 6.45) is 2.34. The fraction of sp³-hybridized carbons (Fsp3) is 0.875. The van der Waals surface area contributed by atoms with Crippen LogP contribution in [0.5, 0.6) is 0 Å². The molecule has 0 aromatic rings. The number of esters is 1. The number of carbonyl (C=O) groups is 1. The van der Waals surface area contributed by atoms with E-state index in [1.807, 2.05) is 13.8 Å². The molecule has 0 N–H and O–H groups in total. The zero-order valence-electron chi connectivity index (χ0n) is 7.10. The maximum absolute atomic E-state index is 10.9. The molecule has 0 heterocycles. The normalized spacial score (nSPS) is 12.6. The molecule has 0 fully saturated rings. The highest BCUT2D eigenvalue weighted by Gasteiger charge is 2.05. The standard InChI is InChI=1S/C8H15BrO2/c1-3-7(2)11-8(10)5-4-6-9/h7H,3-6H2,1-2H3. The van der Waals surface area contributed by atoms with Crippen LogP contribution in [0.25, 0.3) is 0 Å². The molecule has 0 amide bonds. The third kappa shape index (κ3) is 6.35. The fourth-order valence-electron chi connectivity index (χ4n) is 0.578. The predicted molar refractivity (Wildman–Crippen MR) is 48.9 cm³/mol. The molecule has 1 unspecified atom stereocenters. The van der Waals surface area contributed by atoms with Crippen molar-refractivity contribution in [3.8, 4) is 0 Å². The zero-order chi connectivity index (χ0) is 8.69. The summed E-state index contributed by atoms with van der Waals surface area (Å²) < 4.78 is 5.04. The summed E-state index contributed by atoms with van der Waals surface area (Å²) in [5.74, 6) is -0.0844. The van der Waals surface area contributed by atoms with Gasteiger partial charge in [0.05, 0.1) is 6.10 Å². The van der Waals surface area contributed by atoms with Crippen molar-refractivity contribution >= 4 is 21.9 Å². The lowest BCUT2D eigenvalue weighted by molar-refractivity contribution is -0.148. The molecule has 0 saturated heterocycles. The Morgan fingerprint density at radius 3 is 2.73 bits per heavy atom. The molecular weight excluding hydrogens is 208 g/mol. The van der Waals surface area contributed by atoms with Crippen molar-refractivity contribution in [1.82, 2.24) is 0 Å². The molecule has 3 heteroatoms. The highest BCUT2D eigenvalue weighted by atomic mass is 79.9. The molecule has 1 atom stereocenters. The van der Waals surface area contributed by atoms with Gasteiger partial charge in [0.1, 0.15) is 0 Å². The van der Waals surface area contributed by atoms with Crippen LogP contribution in [0.3, 0.4) is 0 Å². The van der Waals surface area contributed by atoms with E-state index in [1.54, 1.807) is 0 Å². The Morgan fingerprint density at radius 2 is 2.27 bits per heavy atom. The SMILES string of the molecule is CCC(C)OC(=O)CCCBr. The van der Waals surface area contributed by atoms with Crippen molar-refractivity contribution in [2.75, 3.05) is 5.33 Å². The first-order valence-electron chi connectivity index (χ1n) is 3.96. The fourth-order valence-corrected chi connectivity index (χ4v) is 0.858. The number of hydrogen-bond donors (Lipinski definition) is 0. The summed E-state index contributed by atoms with van der Waals surface area (Å²) in [5.41, 5.74) is 0. The van der Waals surface area contributed by atoms with Gasteiger partial charge in [0.25, 0.3) is 0 Å². The summed E-state index contributed by atoms with van der Waals surface area (Å²) in [7, 11) is 0. The van der Waals surface area contributed by atoms with Crippen LogP contribution in [-0.2, 0) is 9.53 Å². The van der Waals surface area contributed by atoms with Crippen LogP contribution in [-0.4, -0.2) is 17.4 Å². The number of ether oxygens (including phenoxy) is 1. The Labute approximate surface area is 76.4 Å². The monoisotopic (exact) mass is 222 g/mol. The molecule has 0 rings (SSSR count). The molecule has 0 saturated carbocycles. The number of alkyl halides is 1. The van der Waals surface area contributed by atoms with Gasteiger partial charge in [-0.1, -0.05) is 22.9 Å². The van der Waals surface area contributed by atoms with Gasteiger partial charge in [0.2, 0.25) is 0 Å². The van der Waals surface area contributed by atoms with E-state index < -0.39 is 0 Å². The van der Waals surface area contributed by atoms with E-state index in [2.05, 4.69) is 15.9 Å². The summed E-state index contributed by atoms with van der Waals surface area (Å²) >= 11 is 3.25. The van der Waals surface area contributed by atoms with E-state index in [-0.39, 0.29) is 12.1 Å². The Hall–Kier alpha value is -0.0500. The van der Waals surface area contributed by atoms with Gasteiger partial charge in [0, 0.05) is 11.8 Å². The van der Waals surface area contributed by atoms with Gasteiger partial charge in [-0.15, -0.1) is 0 Å². The largest absolute Gasteiger partial charge is 0.463 e. The van der Waals surface area contributed by atoms with E-state index in [0.717, 1.165) is 18.2 Å². The predicted octanol–water partition coefficient (Wildman–Crippen LogP) is 2.50. The number of hydrogen-bond acceptors (Lipinski definition) is 2. The first-order chi connectivity index (χ1) is 5.20. The van der Waals surface area contributed by atoms with Crippen LogP contribution in [0.2, 0.25) is 0 Å². The molecule has 0 radical (unpaired) electrons. The molecule has 0 aliphatic rings. The summed E-state index contributed by atoms with van der Waals surface area (Å²) in [6, 6.07) is 0. The Morgan fingerprint density at radius 1 is 1.64 bits per heavy atom. The van der Waals surface area contributed by atoms with E-state index in [1.165, 1.54) is 0 Å². The van der Waals surface area contributed by atoms with Crippen LogP contribution >= 0.6 is 15.9 Å².